The van der Waals surface area contributed by atoms with E-state index in [2.05, 4.69) is 5.32 Å². The second-order valence-corrected chi connectivity index (χ2v) is 7.82. The van der Waals surface area contributed by atoms with Gasteiger partial charge in [0.15, 0.2) is 11.5 Å². The normalized spacial score (nSPS) is 15.3. The average molecular weight is 399 g/mol. The standard InChI is InChI=1S/C19H27ClN2O5/c1-19(2,3)27-18(24)22-8-6-13(7-9-22)21-17(23)12-10-14(20)16(26-5)15(11-12)25-4/h10-11,13H,6-9H2,1-5H3,(H,21,23). The van der Waals surface area contributed by atoms with Gasteiger partial charge in [0.1, 0.15) is 5.60 Å². The maximum atomic E-state index is 12.6. The highest BCUT2D eigenvalue weighted by molar-refractivity contribution is 6.32. The highest BCUT2D eigenvalue weighted by atomic mass is 35.5. The van der Waals surface area contributed by atoms with Gasteiger partial charge in [0.25, 0.3) is 5.91 Å². The van der Waals surface area contributed by atoms with E-state index in [9.17, 15) is 9.59 Å². The van der Waals surface area contributed by atoms with Crippen LogP contribution in [0.25, 0.3) is 0 Å². The van der Waals surface area contributed by atoms with Crippen molar-refractivity contribution in [2.24, 2.45) is 0 Å². The molecule has 1 aliphatic heterocycles. The number of ether oxygens (including phenoxy) is 3. The van der Waals surface area contributed by atoms with Crippen LogP contribution in [0.4, 0.5) is 4.79 Å². The molecule has 0 aliphatic carbocycles. The fourth-order valence-corrected chi connectivity index (χ4v) is 3.14. The summed E-state index contributed by atoms with van der Waals surface area (Å²) < 4.78 is 15.8. The van der Waals surface area contributed by atoms with E-state index in [1.165, 1.54) is 14.2 Å². The summed E-state index contributed by atoms with van der Waals surface area (Å²) in [5.41, 5.74) is -0.123. The average Bonchev–Trinajstić information content (AvgIpc) is 2.60. The number of nitrogens with zero attached hydrogens (tertiary/aromatic N) is 1. The number of methoxy groups -OCH3 is 2. The monoisotopic (exact) mass is 398 g/mol. The number of likely N-dealkylation sites (tertiary alicyclic amines) is 1. The summed E-state index contributed by atoms with van der Waals surface area (Å²) in [5.74, 6) is 0.546. The van der Waals surface area contributed by atoms with Crippen molar-refractivity contribution < 1.29 is 23.8 Å². The Balaban J connectivity index is 1.95. The molecule has 150 valence electrons. The molecular formula is C19H27ClN2O5. The van der Waals surface area contributed by atoms with Crippen LogP contribution in [0.15, 0.2) is 12.1 Å². The van der Waals surface area contributed by atoms with Crippen molar-refractivity contribution in [3.63, 3.8) is 0 Å². The molecule has 0 bridgehead atoms. The Labute approximate surface area is 164 Å². The minimum absolute atomic E-state index is 0.0249. The molecule has 1 aromatic carbocycles. The summed E-state index contributed by atoms with van der Waals surface area (Å²) in [6.07, 6.45) is 0.997. The van der Waals surface area contributed by atoms with Crippen molar-refractivity contribution in [1.29, 1.82) is 0 Å². The first-order valence-electron chi connectivity index (χ1n) is 8.85. The lowest BCUT2D eigenvalue weighted by molar-refractivity contribution is 0.0199. The van der Waals surface area contributed by atoms with Crippen LogP contribution >= 0.6 is 11.6 Å². The van der Waals surface area contributed by atoms with Gasteiger partial charge in [-0.25, -0.2) is 4.79 Å². The van der Waals surface area contributed by atoms with Gasteiger partial charge in [0.05, 0.1) is 19.2 Å². The number of hydrogen-bond acceptors (Lipinski definition) is 5. The number of amides is 2. The van der Waals surface area contributed by atoms with Gasteiger partial charge in [-0.2, -0.15) is 0 Å². The molecule has 1 N–H and O–H groups in total. The molecule has 2 amide bonds. The fraction of sp³-hybridized carbons (Fsp3) is 0.579. The molecule has 2 rings (SSSR count). The Bertz CT molecular complexity index is 694. The molecule has 0 unspecified atom stereocenters. The van der Waals surface area contributed by atoms with Crippen molar-refractivity contribution in [3.05, 3.63) is 22.7 Å². The summed E-state index contributed by atoms with van der Waals surface area (Å²) in [5, 5.41) is 3.29. The Morgan fingerprint density at radius 1 is 1.15 bits per heavy atom. The molecule has 8 heteroatoms. The van der Waals surface area contributed by atoms with E-state index in [0.29, 0.717) is 48.0 Å². The number of hydrogen-bond donors (Lipinski definition) is 1. The second-order valence-electron chi connectivity index (χ2n) is 7.41. The highest BCUT2D eigenvalue weighted by Gasteiger charge is 2.28. The van der Waals surface area contributed by atoms with Crippen molar-refractivity contribution in [2.75, 3.05) is 27.3 Å². The molecule has 1 aromatic rings. The van der Waals surface area contributed by atoms with Crippen LogP contribution in [0.2, 0.25) is 5.02 Å². The third-order valence-electron chi connectivity index (χ3n) is 4.18. The molecule has 1 aliphatic rings. The zero-order valence-electron chi connectivity index (χ0n) is 16.4. The van der Waals surface area contributed by atoms with Gasteiger partial charge in [0, 0.05) is 24.7 Å². The van der Waals surface area contributed by atoms with Crippen LogP contribution in [0.5, 0.6) is 11.5 Å². The largest absolute Gasteiger partial charge is 0.493 e. The lowest BCUT2D eigenvalue weighted by Gasteiger charge is -2.33. The van der Waals surface area contributed by atoms with Crippen LogP contribution < -0.4 is 14.8 Å². The van der Waals surface area contributed by atoms with Crippen molar-refractivity contribution in [2.45, 2.75) is 45.3 Å². The SMILES string of the molecule is COc1cc(C(=O)NC2CCN(C(=O)OC(C)(C)C)CC2)cc(Cl)c1OC. The van der Waals surface area contributed by atoms with Gasteiger partial charge in [-0.05, 0) is 45.7 Å². The topological polar surface area (TPSA) is 77.1 Å². The number of piperidine rings is 1. The maximum absolute atomic E-state index is 12.6. The molecule has 1 saturated heterocycles. The Hall–Kier alpha value is -2.15. The zero-order valence-corrected chi connectivity index (χ0v) is 17.2. The fourth-order valence-electron chi connectivity index (χ4n) is 2.85. The molecule has 1 fully saturated rings. The Morgan fingerprint density at radius 2 is 1.78 bits per heavy atom. The third-order valence-corrected chi connectivity index (χ3v) is 4.46. The van der Waals surface area contributed by atoms with Gasteiger partial charge < -0.3 is 24.4 Å². The summed E-state index contributed by atoms with van der Waals surface area (Å²) >= 11 is 6.16. The van der Waals surface area contributed by atoms with Crippen LogP contribution in [0.1, 0.15) is 44.0 Å². The molecule has 1 heterocycles. The van der Waals surface area contributed by atoms with Gasteiger partial charge in [-0.1, -0.05) is 11.6 Å². The molecule has 7 nitrogen and oxygen atoms in total. The van der Waals surface area contributed by atoms with Gasteiger partial charge in [-0.3, -0.25) is 4.79 Å². The number of nitrogens with one attached hydrogen (secondary N) is 1. The molecule has 0 saturated carbocycles. The first kappa shape index (κ1) is 21.2. The summed E-state index contributed by atoms with van der Waals surface area (Å²) in [7, 11) is 2.98. The van der Waals surface area contributed by atoms with E-state index < -0.39 is 5.60 Å². The molecule has 0 spiro atoms. The molecule has 0 atom stereocenters. The number of carbonyl (C=O) groups excluding carboxylic acids is 2. The lowest BCUT2D eigenvalue weighted by atomic mass is 10.0. The van der Waals surface area contributed by atoms with Crippen molar-refractivity contribution >= 4 is 23.6 Å². The lowest BCUT2D eigenvalue weighted by Crippen LogP contribution is -2.47. The van der Waals surface area contributed by atoms with E-state index in [4.69, 9.17) is 25.8 Å². The first-order valence-corrected chi connectivity index (χ1v) is 9.22. The van der Waals surface area contributed by atoms with E-state index in [1.54, 1.807) is 17.0 Å². The Kier molecular flexibility index (Phi) is 6.81. The van der Waals surface area contributed by atoms with Gasteiger partial charge >= 0.3 is 6.09 Å². The van der Waals surface area contributed by atoms with Gasteiger partial charge in [-0.15, -0.1) is 0 Å². The Morgan fingerprint density at radius 3 is 2.30 bits per heavy atom. The van der Waals surface area contributed by atoms with Crippen LogP contribution in [0, 0.1) is 0 Å². The highest BCUT2D eigenvalue weighted by Crippen LogP contribution is 2.36. The maximum Gasteiger partial charge on any atom is 0.410 e. The smallest absolute Gasteiger partial charge is 0.410 e. The molecule has 0 aromatic heterocycles. The van der Waals surface area contributed by atoms with Crippen molar-refractivity contribution in [1.82, 2.24) is 10.2 Å². The molecule has 27 heavy (non-hydrogen) atoms. The zero-order chi connectivity index (χ0) is 20.2. The molecular weight excluding hydrogens is 372 g/mol. The minimum atomic E-state index is -0.519. The predicted octanol–water partition coefficient (Wildman–Crippen LogP) is 3.49. The summed E-state index contributed by atoms with van der Waals surface area (Å²) in [4.78, 5) is 26.3. The number of benzene rings is 1. The van der Waals surface area contributed by atoms with Crippen molar-refractivity contribution in [3.8, 4) is 11.5 Å². The second kappa shape index (κ2) is 8.69. The van der Waals surface area contributed by atoms with E-state index in [-0.39, 0.29) is 18.0 Å². The number of halogens is 1. The number of carbonyl (C=O) groups is 2. The van der Waals surface area contributed by atoms with Crippen LogP contribution in [-0.2, 0) is 4.74 Å². The van der Waals surface area contributed by atoms with Gasteiger partial charge in [0.2, 0.25) is 0 Å². The van der Waals surface area contributed by atoms with E-state index >= 15 is 0 Å². The third kappa shape index (κ3) is 5.66. The molecule has 0 radical (unpaired) electrons. The predicted molar refractivity (Wildman–Crippen MR) is 103 cm³/mol. The van der Waals surface area contributed by atoms with E-state index in [1.807, 2.05) is 20.8 Å². The van der Waals surface area contributed by atoms with Crippen LogP contribution in [0.3, 0.4) is 0 Å². The summed E-state index contributed by atoms with van der Waals surface area (Å²) in [6.45, 7) is 6.59. The number of rotatable bonds is 4. The van der Waals surface area contributed by atoms with Crippen LogP contribution in [-0.4, -0.2) is 55.9 Å². The van der Waals surface area contributed by atoms with E-state index in [0.717, 1.165) is 0 Å². The summed E-state index contributed by atoms with van der Waals surface area (Å²) in [6, 6.07) is 3.12. The minimum Gasteiger partial charge on any atom is -0.493 e. The first-order chi connectivity index (χ1) is 12.6. The quantitative estimate of drug-likeness (QED) is 0.840.